The summed E-state index contributed by atoms with van der Waals surface area (Å²) in [6.45, 7) is 7.10. The highest BCUT2D eigenvalue weighted by atomic mass is 14.3. The zero-order valence-corrected chi connectivity index (χ0v) is 8.80. The lowest BCUT2D eigenvalue weighted by atomic mass is 9.70. The van der Waals surface area contributed by atoms with Gasteiger partial charge in [0.25, 0.3) is 0 Å². The summed E-state index contributed by atoms with van der Waals surface area (Å²) in [5, 5.41) is 0. The molecule has 0 N–H and O–H groups in total. The third kappa shape index (κ3) is 1.63. The zero-order valence-electron chi connectivity index (χ0n) is 8.80. The largest absolute Gasteiger partial charge is 0.0620 e. The maximum atomic E-state index is 2.37. The summed E-state index contributed by atoms with van der Waals surface area (Å²) in [6.07, 6.45) is 2.57. The molecule has 1 aliphatic carbocycles. The van der Waals surface area contributed by atoms with E-state index < -0.39 is 0 Å². The van der Waals surface area contributed by atoms with Gasteiger partial charge < -0.3 is 0 Å². The Hall–Kier alpha value is -0.780. The average Bonchev–Trinajstić information content (AvgIpc) is 2.02. The molecule has 1 aromatic rings. The third-order valence-corrected chi connectivity index (χ3v) is 3.11. The number of rotatable bonds is 0. The monoisotopic (exact) mass is 174 g/mol. The fourth-order valence-electron chi connectivity index (χ4n) is 2.70. The minimum atomic E-state index is 0.494. The first kappa shape index (κ1) is 8.80. The van der Waals surface area contributed by atoms with E-state index in [4.69, 9.17) is 0 Å². The standard InChI is InChI=1S/C13H18/c1-10-8-13(2,3)9-11-6-4-5-7-12(10)11/h4-7,10H,8-9H2,1-3H3/t10-/m0/s1. The Morgan fingerprint density at radius 2 is 1.92 bits per heavy atom. The van der Waals surface area contributed by atoms with E-state index in [9.17, 15) is 0 Å². The van der Waals surface area contributed by atoms with Crippen molar-refractivity contribution in [2.75, 3.05) is 0 Å². The van der Waals surface area contributed by atoms with Crippen LogP contribution < -0.4 is 0 Å². The lowest BCUT2D eigenvalue weighted by molar-refractivity contribution is 0.288. The maximum Gasteiger partial charge on any atom is -0.0182 e. The second-order valence-electron chi connectivity index (χ2n) is 5.14. The first-order valence-corrected chi connectivity index (χ1v) is 5.16. The van der Waals surface area contributed by atoms with Crippen LogP contribution in [0, 0.1) is 5.41 Å². The van der Waals surface area contributed by atoms with Gasteiger partial charge in [0.05, 0.1) is 0 Å². The molecule has 0 spiro atoms. The molecule has 0 saturated heterocycles. The summed E-state index contributed by atoms with van der Waals surface area (Å²) < 4.78 is 0. The normalized spacial score (nSPS) is 25.3. The number of hydrogen-bond acceptors (Lipinski definition) is 0. The second-order valence-corrected chi connectivity index (χ2v) is 5.14. The summed E-state index contributed by atoms with van der Waals surface area (Å²) in [4.78, 5) is 0. The summed E-state index contributed by atoms with van der Waals surface area (Å²) >= 11 is 0. The van der Waals surface area contributed by atoms with E-state index in [2.05, 4.69) is 45.0 Å². The molecule has 0 saturated carbocycles. The summed E-state index contributed by atoms with van der Waals surface area (Å²) in [6, 6.07) is 8.89. The van der Waals surface area contributed by atoms with Crippen molar-refractivity contribution in [1.82, 2.24) is 0 Å². The Labute approximate surface area is 81.0 Å². The molecule has 1 atom stereocenters. The van der Waals surface area contributed by atoms with Crippen LogP contribution in [-0.4, -0.2) is 0 Å². The van der Waals surface area contributed by atoms with Gasteiger partial charge in [-0.3, -0.25) is 0 Å². The Bertz CT molecular complexity index is 310. The Balaban J connectivity index is 2.43. The summed E-state index contributed by atoms with van der Waals surface area (Å²) in [5.74, 6) is 0.736. The molecule has 0 aromatic heterocycles. The van der Waals surface area contributed by atoms with E-state index in [1.807, 2.05) is 0 Å². The van der Waals surface area contributed by atoms with Gasteiger partial charge >= 0.3 is 0 Å². The van der Waals surface area contributed by atoms with Gasteiger partial charge in [-0.05, 0) is 35.3 Å². The Morgan fingerprint density at radius 1 is 1.23 bits per heavy atom. The van der Waals surface area contributed by atoms with E-state index in [1.165, 1.54) is 12.8 Å². The smallest absolute Gasteiger partial charge is 0.0182 e. The van der Waals surface area contributed by atoms with Crippen molar-refractivity contribution in [2.24, 2.45) is 5.41 Å². The van der Waals surface area contributed by atoms with Gasteiger partial charge in [0.15, 0.2) is 0 Å². The van der Waals surface area contributed by atoms with Gasteiger partial charge in [-0.2, -0.15) is 0 Å². The van der Waals surface area contributed by atoms with E-state index in [1.54, 1.807) is 11.1 Å². The topological polar surface area (TPSA) is 0 Å². The number of fused-ring (bicyclic) bond motifs is 1. The first-order valence-electron chi connectivity index (χ1n) is 5.16. The predicted octanol–water partition coefficient (Wildman–Crippen LogP) is 3.76. The van der Waals surface area contributed by atoms with Crippen molar-refractivity contribution in [3.05, 3.63) is 35.4 Å². The highest BCUT2D eigenvalue weighted by Crippen LogP contribution is 2.41. The number of benzene rings is 1. The van der Waals surface area contributed by atoms with Gasteiger partial charge in [-0.25, -0.2) is 0 Å². The Kier molecular flexibility index (Phi) is 1.94. The molecule has 0 heterocycles. The first-order chi connectivity index (χ1) is 6.08. The minimum absolute atomic E-state index is 0.494. The van der Waals surface area contributed by atoms with E-state index in [0.29, 0.717) is 5.41 Å². The molecule has 0 fully saturated rings. The van der Waals surface area contributed by atoms with Crippen LogP contribution >= 0.6 is 0 Å². The molecule has 0 bridgehead atoms. The van der Waals surface area contributed by atoms with Gasteiger partial charge in [0.1, 0.15) is 0 Å². The van der Waals surface area contributed by atoms with Crippen molar-refractivity contribution in [3.63, 3.8) is 0 Å². The molecule has 0 radical (unpaired) electrons. The molecule has 70 valence electrons. The van der Waals surface area contributed by atoms with Crippen molar-refractivity contribution in [2.45, 2.75) is 39.5 Å². The van der Waals surface area contributed by atoms with E-state index >= 15 is 0 Å². The van der Waals surface area contributed by atoms with Crippen LogP contribution in [0.5, 0.6) is 0 Å². The fraction of sp³-hybridized carbons (Fsp3) is 0.538. The van der Waals surface area contributed by atoms with Crippen LogP contribution in [0.3, 0.4) is 0 Å². The molecule has 13 heavy (non-hydrogen) atoms. The van der Waals surface area contributed by atoms with Crippen LogP contribution in [0.2, 0.25) is 0 Å². The predicted molar refractivity (Wildman–Crippen MR) is 57.0 cm³/mol. The third-order valence-electron chi connectivity index (χ3n) is 3.11. The fourth-order valence-corrected chi connectivity index (χ4v) is 2.70. The van der Waals surface area contributed by atoms with Crippen LogP contribution in [0.15, 0.2) is 24.3 Å². The Morgan fingerprint density at radius 3 is 2.69 bits per heavy atom. The van der Waals surface area contributed by atoms with Crippen molar-refractivity contribution in [1.29, 1.82) is 0 Å². The van der Waals surface area contributed by atoms with E-state index in [-0.39, 0.29) is 0 Å². The molecular formula is C13H18. The number of hydrogen-bond donors (Lipinski definition) is 0. The molecule has 1 aliphatic rings. The summed E-state index contributed by atoms with van der Waals surface area (Å²) in [5.41, 5.74) is 3.63. The maximum absolute atomic E-state index is 2.37. The van der Waals surface area contributed by atoms with Crippen LogP contribution in [-0.2, 0) is 6.42 Å². The highest BCUT2D eigenvalue weighted by Gasteiger charge is 2.29. The van der Waals surface area contributed by atoms with Gasteiger partial charge in [-0.15, -0.1) is 0 Å². The van der Waals surface area contributed by atoms with Gasteiger partial charge in [0, 0.05) is 0 Å². The average molecular weight is 174 g/mol. The quantitative estimate of drug-likeness (QED) is 0.561. The van der Waals surface area contributed by atoms with Gasteiger partial charge in [-0.1, -0.05) is 45.0 Å². The van der Waals surface area contributed by atoms with E-state index in [0.717, 1.165) is 5.92 Å². The van der Waals surface area contributed by atoms with Crippen LogP contribution in [0.4, 0.5) is 0 Å². The van der Waals surface area contributed by atoms with Gasteiger partial charge in [0.2, 0.25) is 0 Å². The molecule has 2 rings (SSSR count). The van der Waals surface area contributed by atoms with Crippen LogP contribution in [0.1, 0.15) is 44.2 Å². The summed E-state index contributed by atoms with van der Waals surface area (Å²) in [7, 11) is 0. The molecule has 0 heteroatoms. The molecular weight excluding hydrogens is 156 g/mol. The lowest BCUT2D eigenvalue weighted by Gasteiger charge is -2.35. The van der Waals surface area contributed by atoms with Crippen molar-refractivity contribution >= 4 is 0 Å². The molecule has 0 unspecified atom stereocenters. The van der Waals surface area contributed by atoms with Crippen molar-refractivity contribution in [3.8, 4) is 0 Å². The lowest BCUT2D eigenvalue weighted by Crippen LogP contribution is -2.24. The SMILES string of the molecule is C[C@H]1CC(C)(C)Cc2ccccc21. The molecule has 1 aromatic carbocycles. The molecule has 0 amide bonds. The second kappa shape index (κ2) is 2.87. The van der Waals surface area contributed by atoms with Crippen molar-refractivity contribution < 1.29 is 0 Å². The molecule has 0 aliphatic heterocycles. The van der Waals surface area contributed by atoms with Crippen LogP contribution in [0.25, 0.3) is 0 Å². The highest BCUT2D eigenvalue weighted by molar-refractivity contribution is 5.33. The minimum Gasteiger partial charge on any atom is -0.0620 e. The zero-order chi connectivity index (χ0) is 9.47. The molecule has 0 nitrogen and oxygen atoms in total.